The van der Waals surface area contributed by atoms with Gasteiger partial charge in [-0.2, -0.15) is 0 Å². The Labute approximate surface area is 332 Å². The largest absolute Gasteiger partial charge is 0.472 e. The van der Waals surface area contributed by atoms with Gasteiger partial charge in [0.15, 0.2) is 6.10 Å². The highest BCUT2D eigenvalue weighted by molar-refractivity contribution is 7.47. The number of hydrogen-bond donors (Lipinski definition) is 1. The number of carbonyl (C=O) groups excluding carboxylic acids is 2. The van der Waals surface area contributed by atoms with E-state index in [1.54, 1.807) is 6.08 Å². The Morgan fingerprint density at radius 1 is 0.611 bits per heavy atom. The summed E-state index contributed by atoms with van der Waals surface area (Å²) in [6.07, 6.45) is 40.0. The monoisotopic (exact) mass is 787 g/mol. The number of likely N-dealkylation sites (N-methyl/N-ethyl adjacent to an activating group) is 1. The van der Waals surface area contributed by atoms with E-state index in [0.29, 0.717) is 17.4 Å². The highest BCUT2D eigenvalue weighted by Gasteiger charge is 2.26. The molecule has 54 heavy (non-hydrogen) atoms. The van der Waals surface area contributed by atoms with Crippen molar-refractivity contribution in [2.75, 3.05) is 47.5 Å². The third kappa shape index (κ3) is 40.2. The van der Waals surface area contributed by atoms with Crippen LogP contribution in [0.1, 0.15) is 194 Å². The van der Waals surface area contributed by atoms with Gasteiger partial charge in [-0.3, -0.25) is 13.8 Å². The minimum Gasteiger partial charge on any atom is -0.458 e. The maximum Gasteiger partial charge on any atom is 0.472 e. The van der Waals surface area contributed by atoms with Crippen LogP contribution in [0.2, 0.25) is 0 Å². The zero-order valence-electron chi connectivity index (χ0n) is 35.7. The molecular formula is C44H85NO8P+. The van der Waals surface area contributed by atoms with E-state index < -0.39 is 32.5 Å². The lowest BCUT2D eigenvalue weighted by molar-refractivity contribution is -0.870. The molecule has 0 rings (SSSR count). The summed E-state index contributed by atoms with van der Waals surface area (Å²) < 4.78 is 34.1. The molecule has 2 atom stereocenters. The van der Waals surface area contributed by atoms with Crippen molar-refractivity contribution in [2.24, 2.45) is 0 Å². The van der Waals surface area contributed by atoms with E-state index in [4.69, 9.17) is 18.5 Å². The van der Waals surface area contributed by atoms with Gasteiger partial charge in [-0.1, -0.05) is 186 Å². The Morgan fingerprint density at radius 3 is 1.52 bits per heavy atom. The average Bonchev–Trinajstić information content (AvgIpc) is 3.12. The Hall–Kier alpha value is -1.51. The quantitative estimate of drug-likeness (QED) is 0.0163. The molecular weight excluding hydrogens is 701 g/mol. The van der Waals surface area contributed by atoms with Crippen LogP contribution in [-0.2, 0) is 32.7 Å². The smallest absolute Gasteiger partial charge is 0.458 e. The van der Waals surface area contributed by atoms with Gasteiger partial charge in [0, 0.05) is 12.5 Å². The summed E-state index contributed by atoms with van der Waals surface area (Å²) in [4.78, 5) is 35.2. The van der Waals surface area contributed by atoms with Gasteiger partial charge >= 0.3 is 19.8 Å². The molecule has 318 valence electrons. The number of nitrogens with zero attached hydrogens (tertiary/aromatic N) is 1. The normalized spacial score (nSPS) is 13.8. The first-order chi connectivity index (χ1) is 26.0. The van der Waals surface area contributed by atoms with E-state index >= 15 is 0 Å². The molecule has 0 aliphatic heterocycles. The number of esters is 2. The van der Waals surface area contributed by atoms with Gasteiger partial charge in [0.2, 0.25) is 0 Å². The average molecular weight is 787 g/mol. The van der Waals surface area contributed by atoms with Crippen molar-refractivity contribution < 1.29 is 42.1 Å². The molecule has 0 aromatic rings. The zero-order valence-corrected chi connectivity index (χ0v) is 36.6. The summed E-state index contributed by atoms with van der Waals surface area (Å²) >= 11 is 0. The second-order valence-corrected chi connectivity index (χ2v) is 17.6. The molecule has 0 aliphatic carbocycles. The van der Waals surface area contributed by atoms with Crippen LogP contribution in [0.25, 0.3) is 0 Å². The third-order valence-electron chi connectivity index (χ3n) is 9.59. The number of quaternary nitrogens is 1. The van der Waals surface area contributed by atoms with Gasteiger partial charge in [-0.15, -0.1) is 0 Å². The highest BCUT2D eigenvalue weighted by atomic mass is 31.2. The van der Waals surface area contributed by atoms with Crippen LogP contribution in [0.4, 0.5) is 0 Å². The fraction of sp³-hybridized carbons (Fsp3) is 0.864. The fourth-order valence-corrected chi connectivity index (χ4v) is 6.85. The van der Waals surface area contributed by atoms with Gasteiger partial charge in [0.25, 0.3) is 0 Å². The predicted molar refractivity (Wildman–Crippen MR) is 224 cm³/mol. The Morgan fingerprint density at radius 2 is 1.06 bits per heavy atom. The second kappa shape index (κ2) is 37.1. The number of ether oxygens (including phenoxy) is 2. The van der Waals surface area contributed by atoms with Crippen LogP contribution in [0.5, 0.6) is 0 Å². The first kappa shape index (κ1) is 52.5. The molecule has 0 aromatic heterocycles. The van der Waals surface area contributed by atoms with Gasteiger partial charge in [-0.05, 0) is 19.3 Å². The van der Waals surface area contributed by atoms with E-state index in [0.717, 1.165) is 25.7 Å². The summed E-state index contributed by atoms with van der Waals surface area (Å²) in [7, 11) is 1.44. The van der Waals surface area contributed by atoms with Crippen LogP contribution in [0.15, 0.2) is 24.3 Å². The number of allylic oxidation sites excluding steroid dienone is 3. The molecule has 0 fully saturated rings. The van der Waals surface area contributed by atoms with E-state index in [1.807, 2.05) is 33.3 Å². The van der Waals surface area contributed by atoms with Crippen molar-refractivity contribution in [3.05, 3.63) is 24.3 Å². The molecule has 9 nitrogen and oxygen atoms in total. The van der Waals surface area contributed by atoms with Gasteiger partial charge in [-0.25, -0.2) is 9.36 Å². The first-order valence-electron chi connectivity index (χ1n) is 22.1. The fourth-order valence-electron chi connectivity index (χ4n) is 6.10. The third-order valence-corrected chi connectivity index (χ3v) is 10.6. The maximum atomic E-state index is 12.7. The van der Waals surface area contributed by atoms with E-state index in [-0.39, 0.29) is 19.6 Å². The van der Waals surface area contributed by atoms with E-state index in [1.165, 1.54) is 147 Å². The first-order valence-corrected chi connectivity index (χ1v) is 23.6. The van der Waals surface area contributed by atoms with Crippen molar-refractivity contribution in [2.45, 2.75) is 200 Å². The summed E-state index contributed by atoms with van der Waals surface area (Å²) in [5, 5.41) is 0. The summed E-state index contributed by atoms with van der Waals surface area (Å²) in [5.74, 6) is -1.04. The molecule has 1 N–H and O–H groups in total. The van der Waals surface area contributed by atoms with Crippen LogP contribution < -0.4 is 0 Å². The highest BCUT2D eigenvalue weighted by Crippen LogP contribution is 2.43. The van der Waals surface area contributed by atoms with Crippen molar-refractivity contribution >= 4 is 19.8 Å². The van der Waals surface area contributed by atoms with Crippen LogP contribution in [-0.4, -0.2) is 74.9 Å². The lowest BCUT2D eigenvalue weighted by Crippen LogP contribution is -2.37. The van der Waals surface area contributed by atoms with Crippen molar-refractivity contribution in [3.8, 4) is 0 Å². The Kier molecular flexibility index (Phi) is 36.1. The van der Waals surface area contributed by atoms with Gasteiger partial charge in [0.1, 0.15) is 19.8 Å². The van der Waals surface area contributed by atoms with Crippen molar-refractivity contribution in [1.29, 1.82) is 0 Å². The number of unbranched alkanes of at least 4 members (excludes halogenated alkanes) is 25. The molecule has 0 bridgehead atoms. The predicted octanol–water partition coefficient (Wildman–Crippen LogP) is 12.4. The van der Waals surface area contributed by atoms with Crippen molar-refractivity contribution in [3.63, 3.8) is 0 Å². The molecule has 0 spiro atoms. The lowest BCUT2D eigenvalue weighted by Gasteiger charge is -2.24. The summed E-state index contributed by atoms with van der Waals surface area (Å²) in [6.45, 7) is 4.31. The number of hydrogen-bond acceptors (Lipinski definition) is 7. The van der Waals surface area contributed by atoms with E-state index in [9.17, 15) is 19.0 Å². The molecule has 0 saturated heterocycles. The van der Waals surface area contributed by atoms with Crippen LogP contribution >= 0.6 is 7.82 Å². The molecule has 0 radical (unpaired) electrons. The minimum absolute atomic E-state index is 0.0213. The Balaban J connectivity index is 4.44. The summed E-state index contributed by atoms with van der Waals surface area (Å²) in [5.41, 5.74) is 0. The molecule has 0 aromatic carbocycles. The lowest BCUT2D eigenvalue weighted by atomic mass is 10.0. The Bertz CT molecular complexity index is 980. The van der Waals surface area contributed by atoms with Crippen LogP contribution in [0.3, 0.4) is 0 Å². The number of phosphoric ester groups is 1. The summed E-state index contributed by atoms with van der Waals surface area (Å²) in [6, 6.07) is 0. The molecule has 10 heteroatoms. The molecule has 0 aliphatic rings. The molecule has 1 unspecified atom stereocenters. The molecule has 0 amide bonds. The van der Waals surface area contributed by atoms with Gasteiger partial charge < -0.3 is 18.9 Å². The molecule has 0 heterocycles. The minimum atomic E-state index is -4.39. The molecule has 0 saturated carbocycles. The zero-order chi connectivity index (χ0) is 40.0. The standard InChI is InChI=1S/C44H84NO8P/c1-6-8-10-12-14-16-18-20-22-24-26-28-30-32-34-36-43(46)50-40-42(41-52-54(48,49)51-39-38-45(3,4)5)53-44(47)37-35-33-31-29-27-25-23-21-19-17-15-13-11-9-7-2/h30,32,34,36,42H,6-29,31,33,35,37-41H2,1-5H3/p+1/b32-30+,36-34+/t42-/m1/s1. The number of phosphoric acid groups is 1. The number of rotatable bonds is 40. The number of carbonyl (C=O) groups is 2. The topological polar surface area (TPSA) is 108 Å². The SMILES string of the molecule is CCCCCCCCCCCCC/C=C/C=C/C(=O)OC[C@H](COP(=O)(O)OCC[N+](C)(C)C)OC(=O)CCCCCCCCCCCCCCCCC. The van der Waals surface area contributed by atoms with E-state index in [2.05, 4.69) is 13.8 Å². The second-order valence-electron chi connectivity index (χ2n) is 16.2. The van der Waals surface area contributed by atoms with Crippen LogP contribution in [0, 0.1) is 0 Å². The maximum absolute atomic E-state index is 12.7. The van der Waals surface area contributed by atoms with Gasteiger partial charge in [0.05, 0.1) is 27.7 Å². The van der Waals surface area contributed by atoms with Crippen molar-refractivity contribution in [1.82, 2.24) is 0 Å².